The van der Waals surface area contributed by atoms with E-state index in [0.717, 1.165) is 0 Å². The largest absolute Gasteiger partial charge is 0.469 e. The van der Waals surface area contributed by atoms with Crippen LogP contribution >= 0.6 is 0 Å². The number of hydrogen-bond acceptors (Lipinski definition) is 5. The molecule has 0 aromatic rings. The summed E-state index contributed by atoms with van der Waals surface area (Å²) >= 11 is 0. The van der Waals surface area contributed by atoms with Gasteiger partial charge in [-0.2, -0.15) is 0 Å². The van der Waals surface area contributed by atoms with Crippen LogP contribution in [0.15, 0.2) is 0 Å². The van der Waals surface area contributed by atoms with Crippen LogP contribution in [0.1, 0.15) is 34.1 Å². The van der Waals surface area contributed by atoms with Crippen LogP contribution in [0.5, 0.6) is 0 Å². The number of methoxy groups -OCH3 is 1. The number of hydrogen-bond donors (Lipinski definition) is 1. The van der Waals surface area contributed by atoms with Gasteiger partial charge in [-0.25, -0.2) is 0 Å². The lowest BCUT2D eigenvalue weighted by atomic mass is 10.00. The standard InChI is InChI=1S/C11H20O5/c1-7(12)8(10(14)15-5)6-9(13)16-11(2,3)4/h7-8,12H,6H2,1-5H3/t7-,8+/m1/s1. The molecular formula is C11H20O5. The van der Waals surface area contributed by atoms with Crippen LogP contribution in [0.3, 0.4) is 0 Å². The number of carbonyl (C=O) groups is 2. The zero-order valence-corrected chi connectivity index (χ0v) is 10.4. The lowest BCUT2D eigenvalue weighted by Gasteiger charge is -2.22. The van der Waals surface area contributed by atoms with Crippen molar-refractivity contribution >= 4 is 11.9 Å². The third-order valence-corrected chi connectivity index (χ3v) is 1.89. The van der Waals surface area contributed by atoms with Crippen molar-refractivity contribution in [3.8, 4) is 0 Å². The lowest BCUT2D eigenvalue weighted by molar-refractivity contribution is -0.163. The zero-order valence-electron chi connectivity index (χ0n) is 10.4. The molecule has 94 valence electrons. The fourth-order valence-electron chi connectivity index (χ4n) is 1.16. The summed E-state index contributed by atoms with van der Waals surface area (Å²) in [7, 11) is 1.22. The summed E-state index contributed by atoms with van der Waals surface area (Å²) in [6, 6.07) is 0. The summed E-state index contributed by atoms with van der Waals surface area (Å²) in [6.07, 6.45) is -1.12. The number of carbonyl (C=O) groups excluding carboxylic acids is 2. The normalized spacial score (nSPS) is 15.1. The van der Waals surface area contributed by atoms with Crippen molar-refractivity contribution in [1.82, 2.24) is 0 Å². The van der Waals surface area contributed by atoms with Crippen LogP contribution in [0.4, 0.5) is 0 Å². The van der Waals surface area contributed by atoms with Gasteiger partial charge < -0.3 is 14.6 Å². The summed E-state index contributed by atoms with van der Waals surface area (Å²) in [5.74, 6) is -2.01. The molecule has 0 bridgehead atoms. The molecule has 0 rings (SSSR count). The minimum absolute atomic E-state index is 0.179. The molecule has 2 atom stereocenters. The highest BCUT2D eigenvalue weighted by atomic mass is 16.6. The molecule has 0 aliphatic carbocycles. The smallest absolute Gasteiger partial charge is 0.311 e. The Kier molecular flexibility index (Phi) is 5.44. The molecule has 0 aliphatic heterocycles. The highest BCUT2D eigenvalue weighted by Crippen LogP contribution is 2.15. The van der Waals surface area contributed by atoms with Crippen LogP contribution < -0.4 is 0 Å². The van der Waals surface area contributed by atoms with E-state index in [-0.39, 0.29) is 6.42 Å². The molecule has 0 unspecified atom stereocenters. The van der Waals surface area contributed by atoms with Gasteiger partial charge in [0.15, 0.2) is 0 Å². The first kappa shape index (κ1) is 14.9. The van der Waals surface area contributed by atoms with Gasteiger partial charge in [-0.3, -0.25) is 9.59 Å². The zero-order chi connectivity index (χ0) is 12.9. The first-order valence-corrected chi connectivity index (χ1v) is 5.15. The summed E-state index contributed by atoms with van der Waals surface area (Å²) in [6.45, 7) is 6.65. The van der Waals surface area contributed by atoms with Crippen molar-refractivity contribution in [3.63, 3.8) is 0 Å². The molecule has 5 heteroatoms. The van der Waals surface area contributed by atoms with Crippen LogP contribution in [-0.2, 0) is 19.1 Å². The average Bonchev–Trinajstić information content (AvgIpc) is 2.09. The summed E-state index contributed by atoms with van der Waals surface area (Å²) < 4.78 is 9.55. The Balaban J connectivity index is 4.42. The fraction of sp³-hybridized carbons (Fsp3) is 0.818. The molecule has 0 saturated carbocycles. The van der Waals surface area contributed by atoms with E-state index in [1.54, 1.807) is 20.8 Å². The predicted molar refractivity (Wildman–Crippen MR) is 57.6 cm³/mol. The Hall–Kier alpha value is -1.10. The van der Waals surface area contributed by atoms with Gasteiger partial charge in [0.1, 0.15) is 5.60 Å². The Labute approximate surface area is 95.7 Å². The highest BCUT2D eigenvalue weighted by molar-refractivity contribution is 5.80. The van der Waals surface area contributed by atoms with Gasteiger partial charge in [0, 0.05) is 0 Å². The Morgan fingerprint density at radius 2 is 1.81 bits per heavy atom. The van der Waals surface area contributed by atoms with Crippen LogP contribution in [0, 0.1) is 5.92 Å². The second kappa shape index (κ2) is 5.84. The van der Waals surface area contributed by atoms with E-state index in [2.05, 4.69) is 4.74 Å². The molecule has 5 nitrogen and oxygen atoms in total. The summed E-state index contributed by atoms with van der Waals surface area (Å²) in [5, 5.41) is 9.35. The maximum Gasteiger partial charge on any atom is 0.311 e. The van der Waals surface area contributed by atoms with Gasteiger partial charge >= 0.3 is 11.9 Å². The van der Waals surface area contributed by atoms with Crippen molar-refractivity contribution in [2.24, 2.45) is 5.92 Å². The first-order valence-electron chi connectivity index (χ1n) is 5.15. The maximum atomic E-state index is 11.5. The van der Waals surface area contributed by atoms with E-state index in [1.807, 2.05) is 0 Å². The van der Waals surface area contributed by atoms with E-state index in [4.69, 9.17) is 4.74 Å². The molecule has 0 spiro atoms. The van der Waals surface area contributed by atoms with Crippen molar-refractivity contribution in [3.05, 3.63) is 0 Å². The molecule has 0 saturated heterocycles. The third kappa shape index (κ3) is 5.70. The molecule has 0 fully saturated rings. The quantitative estimate of drug-likeness (QED) is 0.729. The Morgan fingerprint density at radius 3 is 2.12 bits per heavy atom. The minimum atomic E-state index is -0.944. The van der Waals surface area contributed by atoms with Crippen molar-refractivity contribution in [2.75, 3.05) is 7.11 Å². The molecule has 0 amide bonds. The highest BCUT2D eigenvalue weighted by Gasteiger charge is 2.29. The fourth-order valence-corrected chi connectivity index (χ4v) is 1.16. The van der Waals surface area contributed by atoms with Gasteiger partial charge in [-0.1, -0.05) is 0 Å². The topological polar surface area (TPSA) is 72.8 Å². The number of aliphatic hydroxyl groups is 1. The molecule has 0 radical (unpaired) electrons. The van der Waals surface area contributed by atoms with E-state index in [0.29, 0.717) is 0 Å². The molecule has 0 heterocycles. The summed E-state index contributed by atoms with van der Waals surface area (Å²) in [4.78, 5) is 22.7. The maximum absolute atomic E-state index is 11.5. The van der Waals surface area contributed by atoms with Gasteiger partial charge in [0.05, 0.1) is 25.6 Å². The SMILES string of the molecule is COC(=O)[C@@H](CC(=O)OC(C)(C)C)[C@@H](C)O. The molecule has 0 aliphatic rings. The van der Waals surface area contributed by atoms with Crippen molar-refractivity contribution < 1.29 is 24.2 Å². The summed E-state index contributed by atoms with van der Waals surface area (Å²) in [5.41, 5.74) is -0.601. The monoisotopic (exact) mass is 232 g/mol. The van der Waals surface area contributed by atoms with Gasteiger partial charge in [-0.05, 0) is 27.7 Å². The van der Waals surface area contributed by atoms with E-state index in [1.165, 1.54) is 14.0 Å². The number of ether oxygens (including phenoxy) is 2. The number of rotatable bonds is 4. The molecular weight excluding hydrogens is 212 g/mol. The number of esters is 2. The van der Waals surface area contributed by atoms with Crippen LogP contribution in [-0.4, -0.2) is 35.9 Å². The molecule has 0 aromatic heterocycles. The van der Waals surface area contributed by atoms with Crippen LogP contribution in [0.2, 0.25) is 0 Å². The average molecular weight is 232 g/mol. The van der Waals surface area contributed by atoms with Gasteiger partial charge in [0.25, 0.3) is 0 Å². The van der Waals surface area contributed by atoms with E-state index in [9.17, 15) is 14.7 Å². The van der Waals surface area contributed by atoms with Gasteiger partial charge in [0.2, 0.25) is 0 Å². The predicted octanol–water partition coefficient (Wildman–Crippen LogP) is 0.888. The van der Waals surface area contributed by atoms with Crippen molar-refractivity contribution in [1.29, 1.82) is 0 Å². The van der Waals surface area contributed by atoms with E-state index >= 15 is 0 Å². The molecule has 0 aromatic carbocycles. The second-order valence-corrected chi connectivity index (χ2v) is 4.66. The molecule has 16 heavy (non-hydrogen) atoms. The molecule has 1 N–H and O–H groups in total. The van der Waals surface area contributed by atoms with Crippen LogP contribution in [0.25, 0.3) is 0 Å². The Morgan fingerprint density at radius 1 is 1.31 bits per heavy atom. The van der Waals surface area contributed by atoms with Crippen molar-refractivity contribution in [2.45, 2.75) is 45.8 Å². The van der Waals surface area contributed by atoms with E-state index < -0.39 is 29.6 Å². The number of aliphatic hydroxyl groups excluding tert-OH is 1. The van der Waals surface area contributed by atoms with Gasteiger partial charge in [-0.15, -0.1) is 0 Å². The Bertz CT molecular complexity index is 252. The third-order valence-electron chi connectivity index (χ3n) is 1.89. The second-order valence-electron chi connectivity index (χ2n) is 4.66. The lowest BCUT2D eigenvalue weighted by Crippen LogP contribution is -2.32. The minimum Gasteiger partial charge on any atom is -0.469 e. The first-order chi connectivity index (χ1) is 7.17.